The highest BCUT2D eigenvalue weighted by Crippen LogP contribution is 2.65. The lowest BCUT2D eigenvalue weighted by Gasteiger charge is -2.32. The number of hydrogen-bond acceptors (Lipinski definition) is 2. The Kier molecular flexibility index (Phi) is 7.89. The Morgan fingerprint density at radius 3 is 1.70 bits per heavy atom. The van der Waals surface area contributed by atoms with Crippen LogP contribution >= 0.6 is 11.3 Å². The molecule has 0 aliphatic heterocycles. The van der Waals surface area contributed by atoms with Gasteiger partial charge in [0.15, 0.2) is 0 Å². The fourth-order valence-corrected chi connectivity index (χ4v) is 13.3. The average molecular weight is 858 g/mol. The first-order valence-corrected chi connectivity index (χ1v) is 23.9. The molecular formula is C64H43NS. The second-order valence-electron chi connectivity index (χ2n) is 18.8. The quantitative estimate of drug-likeness (QED) is 0.167. The molecule has 310 valence electrons. The lowest BCUT2D eigenvalue weighted by Crippen LogP contribution is -2.26. The minimum Gasteiger partial charge on any atom is -0.310 e. The zero-order valence-electron chi connectivity index (χ0n) is 36.7. The number of rotatable bonds is 5. The third-order valence-corrected chi connectivity index (χ3v) is 16.2. The van der Waals surface area contributed by atoms with Crippen molar-refractivity contribution >= 4 is 48.6 Å². The fourth-order valence-electron chi connectivity index (χ4n) is 12.1. The van der Waals surface area contributed by atoms with Gasteiger partial charge in [0.05, 0.1) is 11.1 Å². The van der Waals surface area contributed by atoms with Crippen LogP contribution in [0.3, 0.4) is 0 Å². The predicted octanol–water partition coefficient (Wildman–Crippen LogP) is 17.5. The van der Waals surface area contributed by atoms with Crippen LogP contribution in [-0.2, 0) is 10.8 Å². The first-order valence-electron chi connectivity index (χ1n) is 23.1. The molecule has 66 heavy (non-hydrogen) atoms. The monoisotopic (exact) mass is 857 g/mol. The van der Waals surface area contributed by atoms with Crippen LogP contribution in [0, 0.1) is 0 Å². The van der Waals surface area contributed by atoms with E-state index in [9.17, 15) is 0 Å². The molecule has 3 aliphatic carbocycles. The summed E-state index contributed by atoms with van der Waals surface area (Å²) in [5.41, 5.74) is 23.6. The van der Waals surface area contributed by atoms with Crippen molar-refractivity contribution < 1.29 is 0 Å². The summed E-state index contributed by atoms with van der Waals surface area (Å²) in [6.45, 7) is 4.76. The van der Waals surface area contributed by atoms with Crippen molar-refractivity contribution in [1.82, 2.24) is 0 Å². The summed E-state index contributed by atoms with van der Waals surface area (Å²) in [6.07, 6.45) is 0. The van der Waals surface area contributed by atoms with Gasteiger partial charge in [-0.1, -0.05) is 190 Å². The Bertz CT molecular complexity index is 3800. The Hall–Kier alpha value is -7.78. The number of nitrogens with zero attached hydrogens (tertiary/aromatic N) is 1. The van der Waals surface area contributed by atoms with Crippen molar-refractivity contribution in [3.05, 3.63) is 258 Å². The maximum Gasteiger partial charge on any atom is 0.0726 e. The van der Waals surface area contributed by atoms with Gasteiger partial charge in [0.1, 0.15) is 0 Å². The molecule has 1 spiro atoms. The van der Waals surface area contributed by atoms with Crippen molar-refractivity contribution in [2.75, 3.05) is 4.90 Å². The van der Waals surface area contributed by atoms with Crippen LogP contribution in [0.2, 0.25) is 0 Å². The molecule has 1 heterocycles. The molecule has 0 fully saturated rings. The number of fused-ring (bicyclic) bond motifs is 16. The molecule has 14 rings (SSSR count). The summed E-state index contributed by atoms with van der Waals surface area (Å²) >= 11 is 1.87. The Labute approximate surface area is 389 Å². The smallest absolute Gasteiger partial charge is 0.0726 e. The molecule has 0 saturated carbocycles. The maximum atomic E-state index is 2.54. The number of hydrogen-bond donors (Lipinski definition) is 0. The largest absolute Gasteiger partial charge is 0.310 e. The molecule has 11 aromatic rings. The lowest BCUT2D eigenvalue weighted by molar-refractivity contribution is 0.660. The number of thiophene rings is 1. The van der Waals surface area contributed by atoms with Crippen LogP contribution in [0.1, 0.15) is 47.2 Å². The van der Waals surface area contributed by atoms with Gasteiger partial charge in [-0.3, -0.25) is 0 Å². The van der Waals surface area contributed by atoms with Gasteiger partial charge >= 0.3 is 0 Å². The molecular weight excluding hydrogens is 815 g/mol. The van der Waals surface area contributed by atoms with Gasteiger partial charge in [-0.2, -0.15) is 0 Å². The van der Waals surface area contributed by atoms with Crippen LogP contribution in [-0.4, -0.2) is 0 Å². The van der Waals surface area contributed by atoms with E-state index in [-0.39, 0.29) is 5.41 Å². The molecule has 1 nitrogen and oxygen atoms in total. The average Bonchev–Trinajstić information content (AvgIpc) is 4.06. The summed E-state index contributed by atoms with van der Waals surface area (Å²) in [7, 11) is 0. The second kappa shape index (κ2) is 13.9. The number of anilines is 3. The molecule has 2 heteroatoms. The van der Waals surface area contributed by atoms with Crippen molar-refractivity contribution in [2.24, 2.45) is 0 Å². The van der Waals surface area contributed by atoms with Crippen molar-refractivity contribution in [1.29, 1.82) is 0 Å². The zero-order valence-corrected chi connectivity index (χ0v) is 37.5. The Morgan fingerprint density at radius 2 is 0.879 bits per heavy atom. The van der Waals surface area contributed by atoms with E-state index in [1.807, 2.05) is 11.3 Å². The minimum absolute atomic E-state index is 0.147. The predicted molar refractivity (Wildman–Crippen MR) is 279 cm³/mol. The van der Waals surface area contributed by atoms with Crippen molar-refractivity contribution in [3.63, 3.8) is 0 Å². The Balaban J connectivity index is 0.995. The lowest BCUT2D eigenvalue weighted by atomic mass is 9.70. The molecule has 10 aromatic carbocycles. The molecule has 0 bridgehead atoms. The van der Waals surface area contributed by atoms with Gasteiger partial charge in [-0.25, -0.2) is 0 Å². The topological polar surface area (TPSA) is 3.24 Å². The molecule has 1 unspecified atom stereocenters. The summed E-state index contributed by atoms with van der Waals surface area (Å²) < 4.78 is 2.65. The van der Waals surface area contributed by atoms with Gasteiger partial charge in [0.2, 0.25) is 0 Å². The summed E-state index contributed by atoms with van der Waals surface area (Å²) in [6, 6.07) is 84.6. The van der Waals surface area contributed by atoms with Crippen LogP contribution < -0.4 is 4.90 Å². The van der Waals surface area contributed by atoms with Crippen LogP contribution in [0.15, 0.2) is 224 Å². The third kappa shape index (κ3) is 5.11. The highest BCUT2D eigenvalue weighted by atomic mass is 32.1. The summed E-state index contributed by atoms with van der Waals surface area (Å²) in [5.74, 6) is 0. The van der Waals surface area contributed by atoms with E-state index < -0.39 is 5.41 Å². The van der Waals surface area contributed by atoms with E-state index in [1.165, 1.54) is 115 Å². The molecule has 1 aromatic heterocycles. The van der Waals surface area contributed by atoms with E-state index in [1.54, 1.807) is 0 Å². The third-order valence-electron chi connectivity index (χ3n) is 15.1. The second-order valence-corrected chi connectivity index (χ2v) is 19.8. The molecule has 0 N–H and O–H groups in total. The molecule has 3 aliphatic rings. The van der Waals surface area contributed by atoms with Crippen LogP contribution in [0.4, 0.5) is 17.1 Å². The van der Waals surface area contributed by atoms with Gasteiger partial charge < -0.3 is 4.90 Å². The van der Waals surface area contributed by atoms with E-state index in [2.05, 4.69) is 243 Å². The summed E-state index contributed by atoms with van der Waals surface area (Å²) in [5, 5.41) is 2.65. The normalized spacial score (nSPS) is 15.6. The standard InChI is InChI=1S/C64H43NS/c1-63(2)53-21-10-6-17-46(53)48-36-33-45(39-57(48)63)65(44-31-27-41(28-32-44)43-30-35-51-50-19-9-13-26-60(50)66-61(51)38-43)59-25-14-24-56-62(59)52-20-8-12-23-55(52)64(56)54-22-11-7-18-47(54)49-34-29-42(37-58(49)64)40-15-4-3-5-16-40/h3-39H,1-2H3. The first-order chi connectivity index (χ1) is 32.5. The highest BCUT2D eigenvalue weighted by Gasteiger charge is 2.52. The van der Waals surface area contributed by atoms with Crippen LogP contribution in [0.5, 0.6) is 0 Å². The van der Waals surface area contributed by atoms with Crippen molar-refractivity contribution in [3.8, 4) is 55.6 Å². The van der Waals surface area contributed by atoms with Gasteiger partial charge in [0, 0.05) is 42.5 Å². The molecule has 0 amide bonds. The molecule has 1 atom stereocenters. The summed E-state index contributed by atoms with van der Waals surface area (Å²) in [4.78, 5) is 2.54. The maximum absolute atomic E-state index is 2.54. The molecule has 0 saturated heterocycles. The van der Waals surface area contributed by atoms with E-state index >= 15 is 0 Å². The minimum atomic E-state index is -0.499. The van der Waals surface area contributed by atoms with Gasteiger partial charge in [0.25, 0.3) is 0 Å². The molecule has 0 radical (unpaired) electrons. The van der Waals surface area contributed by atoms with Crippen LogP contribution in [0.25, 0.3) is 75.8 Å². The van der Waals surface area contributed by atoms with E-state index in [0.717, 1.165) is 11.4 Å². The number of benzene rings is 10. The van der Waals surface area contributed by atoms with E-state index in [4.69, 9.17) is 0 Å². The van der Waals surface area contributed by atoms with Gasteiger partial charge in [-0.15, -0.1) is 11.3 Å². The zero-order chi connectivity index (χ0) is 43.7. The van der Waals surface area contributed by atoms with Crippen molar-refractivity contribution in [2.45, 2.75) is 24.7 Å². The highest BCUT2D eigenvalue weighted by molar-refractivity contribution is 7.25. The SMILES string of the molecule is CC1(C)c2ccccc2-c2ccc(N(c3ccc(-c4ccc5c(c4)sc4ccccc45)cc3)c3cccc4c3-c3ccccc3C43c4ccccc4-c4ccc(-c5ccccc5)cc43)cc21. The van der Waals surface area contributed by atoms with Gasteiger partial charge in [-0.05, 0) is 132 Å². The fraction of sp³-hybridized carbons (Fsp3) is 0.0625. The first kappa shape index (κ1) is 37.6. The Morgan fingerprint density at radius 1 is 0.333 bits per heavy atom. The van der Waals surface area contributed by atoms with E-state index in [0.29, 0.717) is 0 Å².